The number of alkyl halides is 3. The van der Waals surface area contributed by atoms with Crippen molar-refractivity contribution in [3.8, 4) is 5.75 Å². The molecule has 0 bridgehead atoms. The Bertz CT molecular complexity index is 578. The maximum Gasteiger partial charge on any atom is 0.573 e. The van der Waals surface area contributed by atoms with E-state index in [1.54, 1.807) is 18.3 Å². The molecule has 1 N–H and O–H groups in total. The quantitative estimate of drug-likeness (QED) is 0.921. The summed E-state index contributed by atoms with van der Waals surface area (Å²) < 4.78 is 42.0. The van der Waals surface area contributed by atoms with Gasteiger partial charge in [0.05, 0.1) is 6.54 Å². The third kappa shape index (κ3) is 4.49. The second kappa shape index (κ2) is 6.17. The number of imidazole rings is 1. The van der Waals surface area contributed by atoms with Gasteiger partial charge in [0, 0.05) is 25.5 Å². The Balaban J connectivity index is 1.93. The van der Waals surface area contributed by atoms with Gasteiger partial charge in [-0.25, -0.2) is 4.98 Å². The van der Waals surface area contributed by atoms with Crippen LogP contribution in [-0.4, -0.2) is 15.9 Å². The molecule has 21 heavy (non-hydrogen) atoms. The molecule has 0 radical (unpaired) electrons. The fraction of sp³-hybridized carbons (Fsp3) is 0.357. The molecule has 1 heterocycles. The van der Waals surface area contributed by atoms with E-state index in [0.717, 1.165) is 11.4 Å². The third-order valence-corrected chi connectivity index (χ3v) is 3.10. The van der Waals surface area contributed by atoms with E-state index in [1.807, 2.05) is 24.7 Å². The molecule has 2 rings (SSSR count). The molecule has 4 nitrogen and oxygen atoms in total. The van der Waals surface area contributed by atoms with E-state index in [-0.39, 0.29) is 11.8 Å². The smallest absolute Gasteiger partial charge is 0.406 e. The van der Waals surface area contributed by atoms with Crippen molar-refractivity contribution in [3.63, 3.8) is 0 Å². The van der Waals surface area contributed by atoms with E-state index in [1.165, 1.54) is 12.1 Å². The van der Waals surface area contributed by atoms with E-state index < -0.39 is 6.36 Å². The highest BCUT2D eigenvalue weighted by Gasteiger charge is 2.30. The number of benzene rings is 1. The van der Waals surface area contributed by atoms with Gasteiger partial charge in [-0.2, -0.15) is 0 Å². The number of ether oxygens (including phenoxy) is 1. The molecule has 114 valence electrons. The van der Waals surface area contributed by atoms with Gasteiger partial charge in [0.1, 0.15) is 11.6 Å². The number of hydrogen-bond acceptors (Lipinski definition) is 3. The van der Waals surface area contributed by atoms with Crippen molar-refractivity contribution in [1.29, 1.82) is 0 Å². The fourth-order valence-corrected chi connectivity index (χ4v) is 1.89. The molecule has 0 spiro atoms. The van der Waals surface area contributed by atoms with E-state index >= 15 is 0 Å². The predicted octanol–water partition coefficient (Wildman–Crippen LogP) is 3.17. The number of aromatic nitrogens is 2. The Hall–Kier alpha value is -2.02. The summed E-state index contributed by atoms with van der Waals surface area (Å²) in [5.74, 6) is 0.668. The Morgan fingerprint density at radius 1 is 1.29 bits per heavy atom. The molecule has 1 atom stereocenters. The van der Waals surface area contributed by atoms with Crippen LogP contribution in [0.5, 0.6) is 5.75 Å². The van der Waals surface area contributed by atoms with Gasteiger partial charge in [-0.15, -0.1) is 13.2 Å². The summed E-state index contributed by atoms with van der Waals surface area (Å²) in [7, 11) is 1.90. The summed E-state index contributed by atoms with van der Waals surface area (Å²) in [5.41, 5.74) is 0.874. The number of rotatable bonds is 5. The number of nitrogens with zero attached hydrogens (tertiary/aromatic N) is 2. The first kappa shape index (κ1) is 15.4. The van der Waals surface area contributed by atoms with Gasteiger partial charge in [-0.1, -0.05) is 12.1 Å². The Kier molecular flexibility index (Phi) is 4.52. The zero-order valence-electron chi connectivity index (χ0n) is 11.7. The molecule has 0 aliphatic rings. The highest BCUT2D eigenvalue weighted by molar-refractivity contribution is 5.29. The third-order valence-electron chi connectivity index (χ3n) is 3.10. The summed E-state index contributed by atoms with van der Waals surface area (Å²) in [6, 6.07) is 5.82. The lowest BCUT2D eigenvalue weighted by Crippen LogP contribution is -2.20. The van der Waals surface area contributed by atoms with Gasteiger partial charge >= 0.3 is 6.36 Å². The number of aryl methyl sites for hydroxylation is 1. The Morgan fingerprint density at radius 3 is 2.48 bits per heavy atom. The zero-order valence-corrected chi connectivity index (χ0v) is 11.7. The first-order valence-electron chi connectivity index (χ1n) is 6.40. The van der Waals surface area contributed by atoms with Crippen LogP contribution in [0.25, 0.3) is 0 Å². The lowest BCUT2D eigenvalue weighted by molar-refractivity contribution is -0.274. The monoisotopic (exact) mass is 299 g/mol. The first-order valence-corrected chi connectivity index (χ1v) is 6.40. The van der Waals surface area contributed by atoms with Gasteiger partial charge in [-0.05, 0) is 24.6 Å². The van der Waals surface area contributed by atoms with Crippen LogP contribution in [-0.2, 0) is 13.6 Å². The van der Waals surface area contributed by atoms with Gasteiger partial charge in [0.25, 0.3) is 0 Å². The van der Waals surface area contributed by atoms with Crippen LogP contribution in [0, 0.1) is 0 Å². The minimum Gasteiger partial charge on any atom is -0.406 e. The molecule has 1 aromatic heterocycles. The summed E-state index contributed by atoms with van der Waals surface area (Å²) in [5, 5.41) is 3.26. The maximum atomic E-state index is 12.1. The minimum absolute atomic E-state index is 0.0124. The molecule has 0 amide bonds. The van der Waals surface area contributed by atoms with Crippen molar-refractivity contribution < 1.29 is 17.9 Å². The van der Waals surface area contributed by atoms with Crippen LogP contribution in [0.3, 0.4) is 0 Å². The molecule has 1 aromatic carbocycles. The van der Waals surface area contributed by atoms with Crippen molar-refractivity contribution >= 4 is 0 Å². The molecular weight excluding hydrogens is 283 g/mol. The highest BCUT2D eigenvalue weighted by Crippen LogP contribution is 2.24. The van der Waals surface area contributed by atoms with Crippen molar-refractivity contribution in [2.45, 2.75) is 25.9 Å². The summed E-state index contributed by atoms with van der Waals surface area (Å²) in [6.45, 7) is 2.51. The van der Waals surface area contributed by atoms with E-state index in [0.29, 0.717) is 6.54 Å². The van der Waals surface area contributed by atoms with Crippen LogP contribution in [0.4, 0.5) is 13.2 Å². The summed E-state index contributed by atoms with van der Waals surface area (Å²) in [6.07, 6.45) is -1.10. The lowest BCUT2D eigenvalue weighted by atomic mass is 10.1. The minimum atomic E-state index is -4.66. The van der Waals surface area contributed by atoms with E-state index in [9.17, 15) is 13.2 Å². The van der Waals surface area contributed by atoms with Crippen molar-refractivity contribution in [2.24, 2.45) is 7.05 Å². The number of halogens is 3. The van der Waals surface area contributed by atoms with Gasteiger partial charge in [-0.3, -0.25) is 0 Å². The molecule has 0 aliphatic heterocycles. The average Bonchev–Trinajstić information content (AvgIpc) is 2.80. The average molecular weight is 299 g/mol. The van der Waals surface area contributed by atoms with Gasteiger partial charge < -0.3 is 14.6 Å². The molecule has 0 unspecified atom stereocenters. The Labute approximate surface area is 120 Å². The number of nitrogens with one attached hydrogen (secondary N) is 1. The van der Waals surface area contributed by atoms with E-state index in [4.69, 9.17) is 0 Å². The molecule has 2 aromatic rings. The molecule has 0 saturated heterocycles. The standard InChI is InChI=1S/C14H16F3N3O/c1-10(19-9-13-18-7-8-20(13)2)11-3-5-12(6-4-11)21-14(15,16)17/h3-8,10,19H,9H2,1-2H3/t10-/m0/s1. The predicted molar refractivity (Wildman–Crippen MR) is 71.6 cm³/mol. The second-order valence-corrected chi connectivity index (χ2v) is 4.67. The fourth-order valence-electron chi connectivity index (χ4n) is 1.89. The van der Waals surface area contributed by atoms with E-state index in [2.05, 4.69) is 15.0 Å². The topological polar surface area (TPSA) is 39.1 Å². The normalized spacial score (nSPS) is 13.2. The van der Waals surface area contributed by atoms with Crippen LogP contribution in [0.15, 0.2) is 36.7 Å². The lowest BCUT2D eigenvalue weighted by Gasteiger charge is -2.15. The first-order chi connectivity index (χ1) is 9.85. The maximum absolute atomic E-state index is 12.1. The Morgan fingerprint density at radius 2 is 1.95 bits per heavy atom. The van der Waals surface area contributed by atoms with Crippen LogP contribution < -0.4 is 10.1 Å². The van der Waals surface area contributed by atoms with Crippen molar-refractivity contribution in [2.75, 3.05) is 0 Å². The van der Waals surface area contributed by atoms with Crippen LogP contribution >= 0.6 is 0 Å². The highest BCUT2D eigenvalue weighted by atomic mass is 19.4. The van der Waals surface area contributed by atoms with Gasteiger partial charge in [0.2, 0.25) is 0 Å². The number of hydrogen-bond donors (Lipinski definition) is 1. The van der Waals surface area contributed by atoms with Crippen molar-refractivity contribution in [3.05, 3.63) is 48.0 Å². The molecule has 7 heteroatoms. The molecule has 0 fully saturated rings. The van der Waals surface area contributed by atoms with Crippen molar-refractivity contribution in [1.82, 2.24) is 14.9 Å². The summed E-state index contributed by atoms with van der Waals surface area (Å²) >= 11 is 0. The largest absolute Gasteiger partial charge is 0.573 e. The van der Waals surface area contributed by atoms with Crippen LogP contribution in [0.2, 0.25) is 0 Å². The molecule has 0 aliphatic carbocycles. The van der Waals surface area contributed by atoms with Gasteiger partial charge in [0.15, 0.2) is 0 Å². The molecule has 0 saturated carbocycles. The van der Waals surface area contributed by atoms with Crippen LogP contribution in [0.1, 0.15) is 24.4 Å². The second-order valence-electron chi connectivity index (χ2n) is 4.67. The SMILES string of the molecule is C[C@H](NCc1nccn1C)c1ccc(OC(F)(F)F)cc1. The zero-order chi connectivity index (χ0) is 15.5. The summed E-state index contributed by atoms with van der Waals surface area (Å²) in [4.78, 5) is 4.19. The molecular formula is C14H16F3N3O.